The molecule has 0 radical (unpaired) electrons. The number of nitrogens with one attached hydrogen (secondary N) is 1. The molecule has 0 aromatic heterocycles. The van der Waals surface area contributed by atoms with Crippen molar-refractivity contribution in [2.24, 2.45) is 0 Å². The van der Waals surface area contributed by atoms with Gasteiger partial charge in [0.2, 0.25) is 0 Å². The molecule has 0 aliphatic carbocycles. The highest BCUT2D eigenvalue weighted by molar-refractivity contribution is 7.92. The molecule has 2 aromatic carbocycles. The molecule has 21 heavy (non-hydrogen) atoms. The molecule has 0 bridgehead atoms. The van der Waals surface area contributed by atoms with E-state index >= 15 is 0 Å². The Morgan fingerprint density at radius 3 is 2.62 bits per heavy atom. The van der Waals surface area contributed by atoms with E-state index in [4.69, 9.17) is 4.74 Å². The van der Waals surface area contributed by atoms with Gasteiger partial charge in [-0.2, -0.15) is 0 Å². The Hall–Kier alpha value is -2.01. The summed E-state index contributed by atoms with van der Waals surface area (Å²) >= 11 is 0. The van der Waals surface area contributed by atoms with E-state index in [1.54, 1.807) is 30.3 Å². The zero-order valence-corrected chi connectivity index (χ0v) is 12.6. The van der Waals surface area contributed by atoms with Gasteiger partial charge in [0.15, 0.2) is 0 Å². The molecule has 5 heteroatoms. The second-order valence-electron chi connectivity index (χ2n) is 5.19. The molecule has 1 heterocycles. The standard InChI is InChI=1S/C16H17NO3S/c1-12-4-7-15(8-5-12)21(18,19)17-14-6-9-16-13(11-14)3-2-10-20-16/h4-9,11,17H,2-3,10H2,1H3. The average Bonchev–Trinajstić information content (AvgIpc) is 2.47. The van der Waals surface area contributed by atoms with Gasteiger partial charge in [0, 0.05) is 5.69 Å². The number of sulfonamides is 1. The fourth-order valence-corrected chi connectivity index (χ4v) is 3.40. The first-order valence-electron chi connectivity index (χ1n) is 6.90. The van der Waals surface area contributed by atoms with Crippen molar-refractivity contribution >= 4 is 15.7 Å². The monoisotopic (exact) mass is 303 g/mol. The Morgan fingerprint density at radius 2 is 1.86 bits per heavy atom. The lowest BCUT2D eigenvalue weighted by atomic mass is 10.1. The lowest BCUT2D eigenvalue weighted by molar-refractivity contribution is 0.288. The van der Waals surface area contributed by atoms with Crippen LogP contribution in [0.3, 0.4) is 0 Å². The molecule has 0 saturated heterocycles. The Balaban J connectivity index is 1.87. The Bertz CT molecular complexity index is 752. The summed E-state index contributed by atoms with van der Waals surface area (Å²) in [7, 11) is -3.55. The van der Waals surface area contributed by atoms with Crippen LogP contribution in [0.2, 0.25) is 0 Å². The highest BCUT2D eigenvalue weighted by Crippen LogP contribution is 2.28. The van der Waals surface area contributed by atoms with E-state index < -0.39 is 10.0 Å². The molecule has 4 nitrogen and oxygen atoms in total. The molecule has 0 amide bonds. The minimum absolute atomic E-state index is 0.266. The van der Waals surface area contributed by atoms with Crippen molar-refractivity contribution < 1.29 is 13.2 Å². The maximum absolute atomic E-state index is 12.3. The van der Waals surface area contributed by atoms with Gasteiger partial charge in [-0.3, -0.25) is 4.72 Å². The van der Waals surface area contributed by atoms with E-state index in [1.807, 2.05) is 19.1 Å². The fourth-order valence-electron chi connectivity index (χ4n) is 2.36. The van der Waals surface area contributed by atoms with Gasteiger partial charge in [-0.1, -0.05) is 17.7 Å². The van der Waals surface area contributed by atoms with Crippen LogP contribution in [-0.4, -0.2) is 15.0 Å². The van der Waals surface area contributed by atoms with Crippen LogP contribution in [0.1, 0.15) is 17.5 Å². The maximum Gasteiger partial charge on any atom is 0.261 e. The fraction of sp³-hybridized carbons (Fsp3) is 0.250. The molecule has 110 valence electrons. The van der Waals surface area contributed by atoms with Crippen LogP contribution in [0.5, 0.6) is 5.75 Å². The number of hydrogen-bond donors (Lipinski definition) is 1. The van der Waals surface area contributed by atoms with Gasteiger partial charge in [0.1, 0.15) is 5.75 Å². The van der Waals surface area contributed by atoms with Crippen molar-refractivity contribution in [3.63, 3.8) is 0 Å². The van der Waals surface area contributed by atoms with Crippen molar-refractivity contribution in [3.8, 4) is 5.75 Å². The van der Waals surface area contributed by atoms with Crippen molar-refractivity contribution in [3.05, 3.63) is 53.6 Å². The number of aryl methyl sites for hydroxylation is 2. The van der Waals surface area contributed by atoms with Crippen LogP contribution in [0, 0.1) is 6.92 Å². The number of anilines is 1. The molecule has 0 saturated carbocycles. The SMILES string of the molecule is Cc1ccc(S(=O)(=O)Nc2ccc3c(c2)CCCO3)cc1. The van der Waals surface area contributed by atoms with E-state index in [2.05, 4.69) is 4.72 Å². The summed E-state index contributed by atoms with van der Waals surface area (Å²) in [6.45, 7) is 2.65. The Kier molecular flexibility index (Phi) is 3.59. The van der Waals surface area contributed by atoms with E-state index in [-0.39, 0.29) is 4.90 Å². The van der Waals surface area contributed by atoms with Crippen LogP contribution < -0.4 is 9.46 Å². The van der Waals surface area contributed by atoms with Crippen molar-refractivity contribution in [1.29, 1.82) is 0 Å². The van der Waals surface area contributed by atoms with Gasteiger partial charge in [0.05, 0.1) is 11.5 Å². The molecule has 3 rings (SSSR count). The molecule has 2 aromatic rings. The van der Waals surface area contributed by atoms with E-state index in [9.17, 15) is 8.42 Å². The number of benzene rings is 2. The predicted molar refractivity (Wildman–Crippen MR) is 82.2 cm³/mol. The third-order valence-corrected chi connectivity index (χ3v) is 4.89. The van der Waals surface area contributed by atoms with Crippen molar-refractivity contribution in [2.75, 3.05) is 11.3 Å². The van der Waals surface area contributed by atoms with E-state index in [1.165, 1.54) is 0 Å². The normalized spacial score (nSPS) is 14.1. The minimum Gasteiger partial charge on any atom is -0.493 e. The third-order valence-electron chi connectivity index (χ3n) is 3.49. The molecule has 0 spiro atoms. The van der Waals surface area contributed by atoms with Crippen LogP contribution in [0.15, 0.2) is 47.4 Å². The zero-order chi connectivity index (χ0) is 14.9. The largest absolute Gasteiger partial charge is 0.493 e. The summed E-state index contributed by atoms with van der Waals surface area (Å²) in [6, 6.07) is 12.2. The second kappa shape index (κ2) is 5.41. The van der Waals surface area contributed by atoms with Gasteiger partial charge in [0.25, 0.3) is 10.0 Å². The molecule has 1 N–H and O–H groups in total. The smallest absolute Gasteiger partial charge is 0.261 e. The molecule has 1 aliphatic rings. The Morgan fingerprint density at radius 1 is 1.10 bits per heavy atom. The summed E-state index contributed by atoms with van der Waals surface area (Å²) in [6.07, 6.45) is 1.87. The van der Waals surface area contributed by atoms with Gasteiger partial charge >= 0.3 is 0 Å². The second-order valence-corrected chi connectivity index (χ2v) is 6.88. The van der Waals surface area contributed by atoms with Gasteiger partial charge < -0.3 is 4.74 Å². The van der Waals surface area contributed by atoms with Gasteiger partial charge in [-0.15, -0.1) is 0 Å². The van der Waals surface area contributed by atoms with E-state index in [0.717, 1.165) is 36.3 Å². The zero-order valence-electron chi connectivity index (χ0n) is 11.8. The lowest BCUT2D eigenvalue weighted by Crippen LogP contribution is -2.14. The maximum atomic E-state index is 12.3. The summed E-state index contributed by atoms with van der Waals surface area (Å²) < 4.78 is 32.8. The van der Waals surface area contributed by atoms with Crippen LogP contribution in [-0.2, 0) is 16.4 Å². The summed E-state index contributed by atoms with van der Waals surface area (Å²) in [5.74, 6) is 0.847. The highest BCUT2D eigenvalue weighted by atomic mass is 32.2. The first-order chi connectivity index (χ1) is 10.0. The minimum atomic E-state index is -3.55. The number of rotatable bonds is 3. The van der Waals surface area contributed by atoms with Crippen LogP contribution in [0.4, 0.5) is 5.69 Å². The van der Waals surface area contributed by atoms with Gasteiger partial charge in [-0.25, -0.2) is 8.42 Å². The predicted octanol–water partition coefficient (Wildman–Crippen LogP) is 3.12. The van der Waals surface area contributed by atoms with Crippen molar-refractivity contribution in [1.82, 2.24) is 0 Å². The number of ether oxygens (including phenoxy) is 1. The molecule has 0 unspecified atom stereocenters. The van der Waals surface area contributed by atoms with Gasteiger partial charge in [-0.05, 0) is 55.7 Å². The average molecular weight is 303 g/mol. The Labute approximate surface area is 124 Å². The first kappa shape index (κ1) is 13.9. The van der Waals surface area contributed by atoms with Crippen LogP contribution >= 0.6 is 0 Å². The quantitative estimate of drug-likeness (QED) is 0.948. The molecule has 0 atom stereocenters. The number of hydrogen-bond acceptors (Lipinski definition) is 3. The molecule has 1 aliphatic heterocycles. The van der Waals surface area contributed by atoms with Crippen molar-refractivity contribution in [2.45, 2.75) is 24.7 Å². The first-order valence-corrected chi connectivity index (χ1v) is 8.38. The van der Waals surface area contributed by atoms with E-state index in [0.29, 0.717) is 5.69 Å². The molecular formula is C16H17NO3S. The lowest BCUT2D eigenvalue weighted by Gasteiger charge is -2.18. The third kappa shape index (κ3) is 3.03. The topological polar surface area (TPSA) is 55.4 Å². The summed E-state index contributed by atoms with van der Waals surface area (Å²) in [5, 5.41) is 0. The molecule has 0 fully saturated rings. The number of fused-ring (bicyclic) bond motifs is 1. The molecular weight excluding hydrogens is 286 g/mol. The highest BCUT2D eigenvalue weighted by Gasteiger charge is 2.16. The summed E-state index contributed by atoms with van der Waals surface area (Å²) in [4.78, 5) is 0.266. The summed E-state index contributed by atoms with van der Waals surface area (Å²) in [5.41, 5.74) is 2.64. The van der Waals surface area contributed by atoms with Crippen LogP contribution in [0.25, 0.3) is 0 Å².